The van der Waals surface area contributed by atoms with E-state index in [0.29, 0.717) is 24.9 Å². The van der Waals surface area contributed by atoms with Crippen LogP contribution in [0.3, 0.4) is 0 Å². The first kappa shape index (κ1) is 19.8. The van der Waals surface area contributed by atoms with Gasteiger partial charge in [0.05, 0.1) is 11.6 Å². The molecule has 4 rings (SSSR count). The second kappa shape index (κ2) is 8.10. The van der Waals surface area contributed by atoms with Gasteiger partial charge in [-0.3, -0.25) is 14.5 Å². The van der Waals surface area contributed by atoms with Gasteiger partial charge < -0.3 is 0 Å². The molecule has 29 heavy (non-hydrogen) atoms. The van der Waals surface area contributed by atoms with Crippen LogP contribution in [0.4, 0.5) is 13.2 Å². The number of halogens is 3. The average molecular weight is 402 g/mol. The van der Waals surface area contributed by atoms with Crippen LogP contribution in [-0.4, -0.2) is 29.5 Å². The van der Waals surface area contributed by atoms with Crippen molar-refractivity contribution in [3.05, 3.63) is 83.4 Å². The van der Waals surface area contributed by atoms with Gasteiger partial charge >= 0.3 is 6.18 Å². The molecule has 2 aliphatic rings. The summed E-state index contributed by atoms with van der Waals surface area (Å²) in [6.07, 6.45) is -0.990. The Kier molecular flexibility index (Phi) is 5.54. The minimum Gasteiger partial charge on any atom is -0.296 e. The highest BCUT2D eigenvalue weighted by atomic mass is 19.4. The van der Waals surface area contributed by atoms with E-state index in [4.69, 9.17) is 4.84 Å². The lowest BCUT2D eigenvalue weighted by atomic mass is 9.92. The average Bonchev–Trinajstić information content (AvgIpc) is 2.72. The molecule has 1 saturated heterocycles. The zero-order chi connectivity index (χ0) is 20.4. The van der Waals surface area contributed by atoms with Crippen molar-refractivity contribution in [2.24, 2.45) is 0 Å². The van der Waals surface area contributed by atoms with Gasteiger partial charge in [-0.15, -0.1) is 0 Å². The number of benzene rings is 2. The highest BCUT2D eigenvalue weighted by molar-refractivity contribution is 5.84. The first-order valence-corrected chi connectivity index (χ1v) is 9.51. The van der Waals surface area contributed by atoms with Crippen LogP contribution in [0.2, 0.25) is 0 Å². The van der Waals surface area contributed by atoms with Crippen molar-refractivity contribution in [1.29, 1.82) is 0 Å². The maximum Gasteiger partial charge on any atom is 0.416 e. The lowest BCUT2D eigenvalue weighted by Crippen LogP contribution is -2.61. The molecule has 2 bridgehead atoms. The fourth-order valence-corrected chi connectivity index (χ4v) is 3.88. The number of nitrogens with one attached hydrogen (secondary N) is 1. The van der Waals surface area contributed by atoms with Crippen LogP contribution in [0.1, 0.15) is 29.2 Å². The molecular formula is C22H21F3N2O2. The van der Waals surface area contributed by atoms with Gasteiger partial charge in [-0.25, -0.2) is 0 Å². The Morgan fingerprint density at radius 2 is 1.93 bits per heavy atom. The third-order valence-corrected chi connectivity index (χ3v) is 5.32. The van der Waals surface area contributed by atoms with Gasteiger partial charge in [-0.2, -0.15) is 18.7 Å². The minimum atomic E-state index is -4.42. The Bertz CT molecular complexity index is 898. The summed E-state index contributed by atoms with van der Waals surface area (Å²) in [5, 5.41) is 0. The predicted molar refractivity (Wildman–Crippen MR) is 102 cm³/mol. The third kappa shape index (κ3) is 4.27. The van der Waals surface area contributed by atoms with Gasteiger partial charge in [-0.05, 0) is 29.7 Å². The Morgan fingerprint density at radius 1 is 1.14 bits per heavy atom. The highest BCUT2D eigenvalue weighted by Crippen LogP contribution is 2.37. The predicted octanol–water partition coefficient (Wildman–Crippen LogP) is 4.05. The highest BCUT2D eigenvalue weighted by Gasteiger charge is 2.43. The number of aryl methyl sites for hydroxylation is 1. The number of carbonyl (C=O) groups is 1. The smallest absolute Gasteiger partial charge is 0.296 e. The van der Waals surface area contributed by atoms with Gasteiger partial charge in [0.25, 0.3) is 0 Å². The Labute approximate surface area is 166 Å². The molecule has 2 aromatic carbocycles. The number of nitrogens with zero attached hydrogens (tertiary/aromatic N) is 1. The van der Waals surface area contributed by atoms with Crippen molar-refractivity contribution in [2.45, 2.75) is 37.3 Å². The number of hydrogen-bond acceptors (Lipinski definition) is 4. The van der Waals surface area contributed by atoms with Gasteiger partial charge in [-0.1, -0.05) is 54.6 Å². The van der Waals surface area contributed by atoms with Gasteiger partial charge in [0, 0.05) is 13.0 Å². The third-order valence-electron chi connectivity index (χ3n) is 5.32. The summed E-state index contributed by atoms with van der Waals surface area (Å²) in [5.41, 5.74) is 3.64. The second-order valence-corrected chi connectivity index (χ2v) is 7.25. The summed E-state index contributed by atoms with van der Waals surface area (Å²) in [6.45, 7) is 0.454. The van der Waals surface area contributed by atoms with Crippen molar-refractivity contribution >= 4 is 5.78 Å². The molecule has 7 heteroatoms. The minimum absolute atomic E-state index is 0.0559. The molecule has 0 aromatic heterocycles. The van der Waals surface area contributed by atoms with E-state index in [2.05, 4.69) is 5.48 Å². The monoisotopic (exact) mass is 402 g/mol. The molecule has 2 heterocycles. The Hall–Kier alpha value is -2.48. The number of hydrogen-bond donors (Lipinski definition) is 1. The number of carbonyl (C=O) groups excluding carboxylic acids is 1. The molecule has 4 atom stereocenters. The zero-order valence-corrected chi connectivity index (χ0v) is 15.6. The largest absolute Gasteiger partial charge is 0.416 e. The van der Waals surface area contributed by atoms with Crippen molar-refractivity contribution in [1.82, 2.24) is 10.4 Å². The molecule has 152 valence electrons. The van der Waals surface area contributed by atoms with Crippen LogP contribution in [0, 0.1) is 0 Å². The van der Waals surface area contributed by atoms with E-state index in [0.717, 1.165) is 17.7 Å². The second-order valence-electron chi connectivity index (χ2n) is 7.25. The van der Waals surface area contributed by atoms with Crippen LogP contribution in [0.5, 0.6) is 0 Å². The van der Waals surface area contributed by atoms with Crippen molar-refractivity contribution in [3.8, 4) is 0 Å². The summed E-state index contributed by atoms with van der Waals surface area (Å²) < 4.78 is 39.5. The van der Waals surface area contributed by atoms with Crippen LogP contribution in [-0.2, 0) is 22.2 Å². The number of alkyl halides is 3. The summed E-state index contributed by atoms with van der Waals surface area (Å²) >= 11 is 0. The molecular weight excluding hydrogens is 381 g/mol. The van der Waals surface area contributed by atoms with E-state index in [9.17, 15) is 18.0 Å². The van der Waals surface area contributed by atoms with Gasteiger partial charge in [0.2, 0.25) is 0 Å². The van der Waals surface area contributed by atoms with E-state index >= 15 is 0 Å². The SMILES string of the molecule is O=C(CCc1ccccc1)C1NOC2C=CCN1C2c1cccc(C(F)(F)F)c1. The molecule has 1 N–H and O–H groups in total. The number of rotatable bonds is 5. The number of Topliss-reactive ketones (excluding diaryl/α,β-unsaturated/α-hetero) is 1. The number of hydroxylamine groups is 1. The van der Waals surface area contributed by atoms with Crippen LogP contribution in [0.25, 0.3) is 0 Å². The summed E-state index contributed by atoms with van der Waals surface area (Å²) in [6, 6.07) is 14.5. The topological polar surface area (TPSA) is 41.6 Å². The lowest BCUT2D eigenvalue weighted by molar-refractivity contribution is -0.170. The molecule has 0 saturated carbocycles. The van der Waals surface area contributed by atoms with Crippen molar-refractivity contribution in [3.63, 3.8) is 0 Å². The summed E-state index contributed by atoms with van der Waals surface area (Å²) in [5.74, 6) is -0.0559. The number of fused-ring (bicyclic) bond motifs is 2. The van der Waals surface area contributed by atoms with E-state index in [1.807, 2.05) is 47.4 Å². The summed E-state index contributed by atoms with van der Waals surface area (Å²) in [4.78, 5) is 20.4. The fraction of sp³-hybridized carbons (Fsp3) is 0.318. The van der Waals surface area contributed by atoms with Crippen molar-refractivity contribution in [2.75, 3.05) is 6.54 Å². The molecule has 0 aliphatic carbocycles. The number of ketones is 1. The van der Waals surface area contributed by atoms with E-state index in [1.54, 1.807) is 6.07 Å². The maximum absolute atomic E-state index is 13.2. The van der Waals surface area contributed by atoms with E-state index < -0.39 is 30.1 Å². The molecule has 0 spiro atoms. The first-order chi connectivity index (χ1) is 13.9. The molecule has 4 nitrogen and oxygen atoms in total. The zero-order valence-electron chi connectivity index (χ0n) is 15.6. The fourth-order valence-electron chi connectivity index (χ4n) is 3.88. The Balaban J connectivity index is 1.55. The van der Waals surface area contributed by atoms with Crippen LogP contribution < -0.4 is 5.48 Å². The maximum atomic E-state index is 13.2. The van der Waals surface area contributed by atoms with E-state index in [1.165, 1.54) is 6.07 Å². The van der Waals surface area contributed by atoms with Crippen molar-refractivity contribution < 1.29 is 22.8 Å². The Morgan fingerprint density at radius 3 is 2.69 bits per heavy atom. The van der Waals surface area contributed by atoms with Gasteiger partial charge in [0.15, 0.2) is 5.78 Å². The molecule has 4 unspecified atom stereocenters. The molecule has 2 aromatic rings. The van der Waals surface area contributed by atoms with E-state index in [-0.39, 0.29) is 5.78 Å². The standard InChI is InChI=1S/C22H21F3N2O2/c23-22(24,25)17-9-4-8-16(14-17)20-19-10-5-13-27(20)21(26-29-19)18(28)12-11-15-6-2-1-3-7-15/h1-10,14,19-21,26H,11-13H2. The first-order valence-electron chi connectivity index (χ1n) is 9.51. The molecule has 2 aliphatic heterocycles. The molecule has 1 fully saturated rings. The quantitative estimate of drug-likeness (QED) is 0.767. The van der Waals surface area contributed by atoms with Crippen LogP contribution >= 0.6 is 0 Å². The van der Waals surface area contributed by atoms with Crippen LogP contribution in [0.15, 0.2) is 66.7 Å². The normalized spacial score (nSPS) is 26.3. The summed E-state index contributed by atoms with van der Waals surface area (Å²) in [7, 11) is 0. The lowest BCUT2D eigenvalue weighted by Gasteiger charge is -2.46. The molecule has 0 amide bonds. The molecule has 0 radical (unpaired) electrons. The van der Waals surface area contributed by atoms with Gasteiger partial charge in [0.1, 0.15) is 12.3 Å².